The first-order chi connectivity index (χ1) is 8.31. The van der Waals surface area contributed by atoms with Crippen molar-refractivity contribution >= 4 is 6.09 Å². The van der Waals surface area contributed by atoms with Crippen LogP contribution in [-0.2, 0) is 4.74 Å². The van der Waals surface area contributed by atoms with Crippen LogP contribution in [0.2, 0.25) is 0 Å². The van der Waals surface area contributed by atoms with Crippen molar-refractivity contribution < 1.29 is 9.53 Å². The molecule has 0 radical (unpaired) electrons. The van der Waals surface area contributed by atoms with Gasteiger partial charge in [0, 0.05) is 6.54 Å². The smallest absolute Gasteiger partial charge is 0.407 e. The minimum absolute atomic E-state index is 0.276. The molecular formula is C13H28N2O2. The molecule has 0 aromatic carbocycles. The number of nitrogens with one attached hydrogen (secondary N) is 1. The molecule has 0 fully saturated rings. The Kier molecular flexibility index (Phi) is 12.7. The molecule has 4 heteroatoms. The van der Waals surface area contributed by atoms with Crippen molar-refractivity contribution in [2.75, 3.05) is 19.7 Å². The van der Waals surface area contributed by atoms with Crippen molar-refractivity contribution in [1.29, 1.82) is 0 Å². The summed E-state index contributed by atoms with van der Waals surface area (Å²) in [5, 5.41) is 2.76. The second-order valence-corrected chi connectivity index (χ2v) is 4.33. The van der Waals surface area contributed by atoms with Crippen LogP contribution in [0.4, 0.5) is 4.79 Å². The number of rotatable bonds is 11. The number of carbonyl (C=O) groups is 1. The van der Waals surface area contributed by atoms with E-state index < -0.39 is 0 Å². The molecule has 0 rings (SSSR count). The van der Waals surface area contributed by atoms with Gasteiger partial charge in [0.15, 0.2) is 0 Å². The van der Waals surface area contributed by atoms with Crippen LogP contribution in [0.25, 0.3) is 0 Å². The number of amides is 1. The second kappa shape index (κ2) is 13.3. The monoisotopic (exact) mass is 244 g/mol. The normalized spacial score (nSPS) is 10.2. The maximum atomic E-state index is 11.1. The molecular weight excluding hydrogens is 216 g/mol. The quantitative estimate of drug-likeness (QED) is 0.549. The van der Waals surface area contributed by atoms with Crippen LogP contribution in [0.5, 0.6) is 0 Å². The van der Waals surface area contributed by atoms with Gasteiger partial charge in [-0.15, -0.1) is 0 Å². The van der Waals surface area contributed by atoms with Gasteiger partial charge in [-0.3, -0.25) is 0 Å². The van der Waals surface area contributed by atoms with Crippen LogP contribution in [0.3, 0.4) is 0 Å². The van der Waals surface area contributed by atoms with Crippen molar-refractivity contribution in [2.45, 2.75) is 58.3 Å². The number of hydrogen-bond acceptors (Lipinski definition) is 3. The van der Waals surface area contributed by atoms with Crippen molar-refractivity contribution in [3.05, 3.63) is 0 Å². The molecule has 0 unspecified atom stereocenters. The van der Waals surface area contributed by atoms with Gasteiger partial charge in [0.25, 0.3) is 0 Å². The van der Waals surface area contributed by atoms with Gasteiger partial charge in [0.1, 0.15) is 0 Å². The van der Waals surface area contributed by atoms with E-state index in [2.05, 4.69) is 12.2 Å². The van der Waals surface area contributed by atoms with E-state index in [1.54, 1.807) is 0 Å². The van der Waals surface area contributed by atoms with Crippen LogP contribution in [-0.4, -0.2) is 25.8 Å². The van der Waals surface area contributed by atoms with Crippen LogP contribution in [0, 0.1) is 0 Å². The number of hydrogen-bond donors (Lipinski definition) is 2. The lowest BCUT2D eigenvalue weighted by Gasteiger charge is -2.06. The highest BCUT2D eigenvalue weighted by Gasteiger charge is 1.99. The maximum Gasteiger partial charge on any atom is 0.407 e. The molecule has 3 N–H and O–H groups in total. The zero-order valence-electron chi connectivity index (χ0n) is 11.2. The van der Waals surface area contributed by atoms with E-state index in [-0.39, 0.29) is 6.09 Å². The minimum atomic E-state index is -0.276. The molecule has 0 bridgehead atoms. The third-order valence-electron chi connectivity index (χ3n) is 2.63. The molecule has 0 saturated carbocycles. The van der Waals surface area contributed by atoms with Gasteiger partial charge < -0.3 is 15.8 Å². The summed E-state index contributed by atoms with van der Waals surface area (Å²) in [5.41, 5.74) is 5.41. The molecule has 0 atom stereocenters. The topological polar surface area (TPSA) is 64.3 Å². The highest BCUT2D eigenvalue weighted by molar-refractivity contribution is 5.66. The Morgan fingerprint density at radius 3 is 2.35 bits per heavy atom. The molecule has 0 saturated heterocycles. The third-order valence-corrected chi connectivity index (χ3v) is 2.63. The molecule has 0 aliphatic carbocycles. The highest BCUT2D eigenvalue weighted by Crippen LogP contribution is 2.03. The fourth-order valence-corrected chi connectivity index (χ4v) is 1.53. The molecule has 0 heterocycles. The van der Waals surface area contributed by atoms with Crippen LogP contribution in [0.1, 0.15) is 58.3 Å². The lowest BCUT2D eigenvalue weighted by molar-refractivity contribution is 0.144. The molecule has 17 heavy (non-hydrogen) atoms. The maximum absolute atomic E-state index is 11.1. The van der Waals surface area contributed by atoms with Crippen LogP contribution in [0.15, 0.2) is 0 Å². The van der Waals surface area contributed by atoms with Gasteiger partial charge in [-0.05, 0) is 25.8 Å². The first kappa shape index (κ1) is 16.2. The van der Waals surface area contributed by atoms with Gasteiger partial charge in [-0.2, -0.15) is 0 Å². The van der Waals surface area contributed by atoms with Gasteiger partial charge in [0.2, 0.25) is 0 Å². The van der Waals surface area contributed by atoms with Gasteiger partial charge in [0.05, 0.1) is 6.61 Å². The largest absolute Gasteiger partial charge is 0.450 e. The molecule has 102 valence electrons. The molecule has 0 aromatic heterocycles. The Morgan fingerprint density at radius 2 is 1.71 bits per heavy atom. The highest BCUT2D eigenvalue weighted by atomic mass is 16.5. The Hall–Kier alpha value is -0.770. The second-order valence-electron chi connectivity index (χ2n) is 4.33. The Bertz CT molecular complexity index is 175. The zero-order valence-corrected chi connectivity index (χ0v) is 11.2. The van der Waals surface area contributed by atoms with Crippen LogP contribution >= 0.6 is 0 Å². The summed E-state index contributed by atoms with van der Waals surface area (Å²) in [6.45, 7) is 4.13. The summed E-state index contributed by atoms with van der Waals surface area (Å²) in [4.78, 5) is 11.1. The first-order valence-electron chi connectivity index (χ1n) is 6.92. The van der Waals surface area contributed by atoms with E-state index in [0.29, 0.717) is 6.61 Å². The SMILES string of the molecule is CCCCOC(=O)NCCCCCCCCN. The van der Waals surface area contributed by atoms with Crippen molar-refractivity contribution in [3.63, 3.8) is 0 Å². The lowest BCUT2D eigenvalue weighted by Crippen LogP contribution is -2.25. The minimum Gasteiger partial charge on any atom is -0.450 e. The number of carbonyl (C=O) groups excluding carboxylic acids is 1. The summed E-state index contributed by atoms with van der Waals surface area (Å²) in [6.07, 6.45) is 8.74. The predicted octanol–water partition coefficient (Wildman–Crippen LogP) is 2.81. The number of nitrogens with two attached hydrogens (primary N) is 1. The third kappa shape index (κ3) is 13.2. The van der Waals surface area contributed by atoms with E-state index >= 15 is 0 Å². The Labute approximate surface area is 105 Å². The zero-order chi connectivity index (χ0) is 12.8. The Balaban J connectivity index is 3.08. The molecule has 1 amide bonds. The van der Waals surface area contributed by atoms with E-state index in [1.165, 1.54) is 25.7 Å². The molecule has 0 aliphatic heterocycles. The molecule has 0 aliphatic rings. The summed E-state index contributed by atoms with van der Waals surface area (Å²) < 4.78 is 4.98. The van der Waals surface area contributed by atoms with Crippen molar-refractivity contribution in [1.82, 2.24) is 5.32 Å². The number of unbranched alkanes of at least 4 members (excludes halogenated alkanes) is 6. The number of ether oxygens (including phenoxy) is 1. The van der Waals surface area contributed by atoms with Gasteiger partial charge in [-0.25, -0.2) is 4.79 Å². The fraction of sp³-hybridized carbons (Fsp3) is 0.923. The average Bonchev–Trinajstić information content (AvgIpc) is 2.33. The van der Waals surface area contributed by atoms with Crippen molar-refractivity contribution in [2.24, 2.45) is 5.73 Å². The molecule has 0 aromatic rings. The van der Waals surface area contributed by atoms with Crippen molar-refractivity contribution in [3.8, 4) is 0 Å². The van der Waals surface area contributed by atoms with Gasteiger partial charge >= 0.3 is 6.09 Å². The average molecular weight is 244 g/mol. The lowest BCUT2D eigenvalue weighted by atomic mass is 10.1. The van der Waals surface area contributed by atoms with Crippen LogP contribution < -0.4 is 11.1 Å². The predicted molar refractivity (Wildman–Crippen MR) is 71.0 cm³/mol. The standard InChI is InChI=1S/C13H28N2O2/c1-2-3-12-17-13(16)15-11-9-7-5-4-6-8-10-14/h2-12,14H2,1H3,(H,15,16). The van der Waals surface area contributed by atoms with E-state index in [9.17, 15) is 4.79 Å². The van der Waals surface area contributed by atoms with E-state index in [4.69, 9.17) is 10.5 Å². The fourth-order valence-electron chi connectivity index (χ4n) is 1.53. The molecule has 4 nitrogen and oxygen atoms in total. The first-order valence-corrected chi connectivity index (χ1v) is 6.92. The van der Waals surface area contributed by atoms with E-state index in [1.807, 2.05) is 0 Å². The van der Waals surface area contributed by atoms with E-state index in [0.717, 1.165) is 38.8 Å². The summed E-state index contributed by atoms with van der Waals surface area (Å²) in [6, 6.07) is 0. The van der Waals surface area contributed by atoms with Gasteiger partial charge in [-0.1, -0.05) is 39.0 Å². The summed E-state index contributed by atoms with van der Waals surface area (Å²) >= 11 is 0. The molecule has 0 spiro atoms. The Morgan fingerprint density at radius 1 is 1.06 bits per heavy atom. The summed E-state index contributed by atoms with van der Waals surface area (Å²) in [5.74, 6) is 0. The number of alkyl carbamates (subject to hydrolysis) is 1. The summed E-state index contributed by atoms with van der Waals surface area (Å²) in [7, 11) is 0.